The molecule has 6 heteroatoms. The van der Waals surface area contributed by atoms with Crippen LogP contribution >= 0.6 is 0 Å². The predicted molar refractivity (Wildman–Crippen MR) is 50.7 cm³/mol. The molecule has 0 spiro atoms. The first-order chi connectivity index (χ1) is 7.91. The first-order valence-electron chi connectivity index (χ1n) is 5.11. The predicted octanol–water partition coefficient (Wildman–Crippen LogP) is 3.61. The zero-order valence-corrected chi connectivity index (χ0v) is 9.04. The van der Waals surface area contributed by atoms with Crippen LogP contribution in [0.1, 0.15) is 37.9 Å². The molecule has 0 fully saturated rings. The Kier molecular flexibility index (Phi) is 4.45. The van der Waals surface area contributed by atoms with Crippen LogP contribution in [0.4, 0.5) is 22.0 Å². The molecule has 1 N–H and O–H groups in total. The van der Waals surface area contributed by atoms with Crippen molar-refractivity contribution >= 4 is 0 Å². The average molecular weight is 254 g/mol. The van der Waals surface area contributed by atoms with Gasteiger partial charge >= 0.3 is 0 Å². The van der Waals surface area contributed by atoms with Crippen LogP contribution in [-0.4, -0.2) is 5.11 Å². The molecule has 0 bridgehead atoms. The van der Waals surface area contributed by atoms with Gasteiger partial charge in [0.05, 0.1) is 11.7 Å². The van der Waals surface area contributed by atoms with Gasteiger partial charge in [-0.15, -0.1) is 0 Å². The van der Waals surface area contributed by atoms with Crippen LogP contribution in [0, 0.1) is 29.1 Å². The highest BCUT2D eigenvalue weighted by molar-refractivity contribution is 5.25. The summed E-state index contributed by atoms with van der Waals surface area (Å²) >= 11 is 0. The Bertz CT molecular complexity index is 390. The van der Waals surface area contributed by atoms with E-state index in [4.69, 9.17) is 0 Å². The quantitative estimate of drug-likeness (QED) is 0.494. The van der Waals surface area contributed by atoms with Crippen molar-refractivity contribution in [2.24, 2.45) is 0 Å². The highest BCUT2D eigenvalue weighted by Gasteiger charge is 2.29. The van der Waals surface area contributed by atoms with Gasteiger partial charge < -0.3 is 5.11 Å². The van der Waals surface area contributed by atoms with Gasteiger partial charge in [-0.25, -0.2) is 22.0 Å². The molecule has 0 saturated heterocycles. The lowest BCUT2D eigenvalue weighted by Crippen LogP contribution is -2.11. The minimum Gasteiger partial charge on any atom is -0.388 e. The molecular weight excluding hydrogens is 243 g/mol. The number of benzene rings is 1. The number of halogens is 5. The molecule has 1 unspecified atom stereocenters. The van der Waals surface area contributed by atoms with E-state index in [2.05, 4.69) is 0 Å². The number of hydrogen-bond acceptors (Lipinski definition) is 1. The maximum absolute atomic E-state index is 13.2. The molecule has 1 atom stereocenters. The van der Waals surface area contributed by atoms with E-state index >= 15 is 0 Å². The Hall–Kier alpha value is -1.17. The molecule has 0 aliphatic rings. The van der Waals surface area contributed by atoms with Crippen molar-refractivity contribution in [2.75, 3.05) is 0 Å². The molecule has 0 amide bonds. The van der Waals surface area contributed by atoms with Crippen molar-refractivity contribution < 1.29 is 27.1 Å². The number of aliphatic hydroxyl groups is 1. The highest BCUT2D eigenvalue weighted by atomic mass is 19.2. The first-order valence-corrected chi connectivity index (χ1v) is 5.11. The normalized spacial score (nSPS) is 12.9. The van der Waals surface area contributed by atoms with Gasteiger partial charge in [0.25, 0.3) is 0 Å². The topological polar surface area (TPSA) is 20.2 Å². The van der Waals surface area contributed by atoms with Crippen LogP contribution in [-0.2, 0) is 0 Å². The van der Waals surface area contributed by atoms with Crippen molar-refractivity contribution in [3.63, 3.8) is 0 Å². The van der Waals surface area contributed by atoms with Gasteiger partial charge in [-0.05, 0) is 6.42 Å². The number of aliphatic hydroxyl groups excluding tert-OH is 1. The SMILES string of the molecule is CCCCC(O)c1c(F)c(F)c(F)c(F)c1F. The second-order valence-corrected chi connectivity index (χ2v) is 3.64. The van der Waals surface area contributed by atoms with Gasteiger partial charge in [-0.3, -0.25) is 0 Å². The molecule has 1 rings (SSSR count). The van der Waals surface area contributed by atoms with E-state index in [9.17, 15) is 27.1 Å². The van der Waals surface area contributed by atoms with E-state index in [-0.39, 0.29) is 6.42 Å². The molecular formula is C11H11F5O. The fraction of sp³-hybridized carbons (Fsp3) is 0.455. The average Bonchev–Trinajstić information content (AvgIpc) is 2.31. The molecule has 0 heterocycles. The third-order valence-corrected chi connectivity index (χ3v) is 2.41. The molecule has 1 aromatic carbocycles. The van der Waals surface area contributed by atoms with Crippen LogP contribution in [0.25, 0.3) is 0 Å². The zero-order chi connectivity index (χ0) is 13.2. The van der Waals surface area contributed by atoms with Crippen LogP contribution in [0.2, 0.25) is 0 Å². The maximum Gasteiger partial charge on any atom is 0.200 e. The summed E-state index contributed by atoms with van der Waals surface area (Å²) in [5.74, 6) is -10.2. The fourth-order valence-corrected chi connectivity index (χ4v) is 1.46. The van der Waals surface area contributed by atoms with E-state index in [0.29, 0.717) is 12.8 Å². The van der Waals surface area contributed by atoms with Gasteiger partial charge in [0.15, 0.2) is 23.3 Å². The Balaban J connectivity index is 3.24. The summed E-state index contributed by atoms with van der Waals surface area (Å²) in [5.41, 5.74) is -1.16. The van der Waals surface area contributed by atoms with Crippen LogP contribution in [0.5, 0.6) is 0 Å². The largest absolute Gasteiger partial charge is 0.388 e. The van der Waals surface area contributed by atoms with Gasteiger partial charge in [0, 0.05) is 0 Å². The number of rotatable bonds is 4. The third kappa shape index (κ3) is 2.57. The lowest BCUT2D eigenvalue weighted by Gasteiger charge is -2.13. The van der Waals surface area contributed by atoms with Gasteiger partial charge in [0.2, 0.25) is 5.82 Å². The van der Waals surface area contributed by atoms with E-state index in [1.54, 1.807) is 6.92 Å². The van der Waals surface area contributed by atoms with Crippen LogP contribution in [0.3, 0.4) is 0 Å². The second kappa shape index (κ2) is 5.44. The molecule has 0 aliphatic heterocycles. The molecule has 17 heavy (non-hydrogen) atoms. The maximum atomic E-state index is 13.2. The number of unbranched alkanes of at least 4 members (excludes halogenated alkanes) is 1. The van der Waals surface area contributed by atoms with Gasteiger partial charge in [-0.1, -0.05) is 19.8 Å². The standard InChI is InChI=1S/C11H11F5O/c1-2-3-4-5(17)6-7(12)9(14)11(16)10(15)8(6)13/h5,17H,2-4H2,1H3. The third-order valence-electron chi connectivity index (χ3n) is 2.41. The van der Waals surface area contributed by atoms with Crippen molar-refractivity contribution in [3.8, 4) is 0 Å². The van der Waals surface area contributed by atoms with E-state index < -0.39 is 40.8 Å². The van der Waals surface area contributed by atoms with Gasteiger partial charge in [0.1, 0.15) is 0 Å². The summed E-state index contributed by atoms with van der Waals surface area (Å²) in [6.07, 6.45) is -0.707. The fourth-order valence-electron chi connectivity index (χ4n) is 1.46. The minimum absolute atomic E-state index is 0.0607. The Morgan fingerprint density at radius 3 is 1.71 bits per heavy atom. The van der Waals surface area contributed by atoms with E-state index in [0.717, 1.165) is 0 Å². The molecule has 1 aromatic rings. The summed E-state index contributed by atoms with van der Waals surface area (Å²) in [5, 5.41) is 9.42. The van der Waals surface area contributed by atoms with E-state index in [1.807, 2.05) is 0 Å². The number of hydrogen-bond donors (Lipinski definition) is 1. The minimum atomic E-state index is -2.22. The second-order valence-electron chi connectivity index (χ2n) is 3.64. The van der Waals surface area contributed by atoms with Crippen molar-refractivity contribution in [1.82, 2.24) is 0 Å². The van der Waals surface area contributed by atoms with Gasteiger partial charge in [-0.2, -0.15) is 0 Å². The van der Waals surface area contributed by atoms with Crippen molar-refractivity contribution in [2.45, 2.75) is 32.3 Å². The molecule has 0 radical (unpaired) electrons. The molecule has 0 aromatic heterocycles. The Morgan fingerprint density at radius 1 is 0.882 bits per heavy atom. The molecule has 96 valence electrons. The van der Waals surface area contributed by atoms with Crippen molar-refractivity contribution in [1.29, 1.82) is 0 Å². The zero-order valence-electron chi connectivity index (χ0n) is 9.04. The summed E-state index contributed by atoms with van der Waals surface area (Å²) in [6, 6.07) is 0. The highest BCUT2D eigenvalue weighted by Crippen LogP contribution is 2.30. The summed E-state index contributed by atoms with van der Waals surface area (Å²) in [6.45, 7) is 1.77. The smallest absolute Gasteiger partial charge is 0.200 e. The lowest BCUT2D eigenvalue weighted by molar-refractivity contribution is 0.150. The lowest BCUT2D eigenvalue weighted by atomic mass is 10.0. The van der Waals surface area contributed by atoms with Crippen LogP contribution < -0.4 is 0 Å². The molecule has 1 nitrogen and oxygen atoms in total. The van der Waals surface area contributed by atoms with Crippen molar-refractivity contribution in [3.05, 3.63) is 34.6 Å². The van der Waals surface area contributed by atoms with Crippen LogP contribution in [0.15, 0.2) is 0 Å². The Labute approximate surface area is 94.9 Å². The molecule has 0 saturated carbocycles. The summed E-state index contributed by atoms with van der Waals surface area (Å²) < 4.78 is 64.7. The summed E-state index contributed by atoms with van der Waals surface area (Å²) in [7, 11) is 0. The van der Waals surface area contributed by atoms with E-state index in [1.165, 1.54) is 0 Å². The Morgan fingerprint density at radius 2 is 1.29 bits per heavy atom. The summed E-state index contributed by atoms with van der Waals surface area (Å²) in [4.78, 5) is 0. The first kappa shape index (κ1) is 13.9. The monoisotopic (exact) mass is 254 g/mol. The molecule has 0 aliphatic carbocycles.